The minimum absolute atomic E-state index is 0.194. The summed E-state index contributed by atoms with van der Waals surface area (Å²) in [5.74, 6) is -0.198. The van der Waals surface area contributed by atoms with Gasteiger partial charge in [-0.3, -0.25) is 0 Å². The van der Waals surface area contributed by atoms with Gasteiger partial charge in [-0.05, 0) is 24.3 Å². The van der Waals surface area contributed by atoms with E-state index in [1.54, 1.807) is 17.0 Å². The van der Waals surface area contributed by atoms with E-state index < -0.39 is 11.5 Å². The number of nitrogens with two attached hydrogens (primary N) is 1. The first kappa shape index (κ1) is 19.0. The number of likely N-dealkylation sites (tertiary alicyclic amines) is 1. The van der Waals surface area contributed by atoms with E-state index in [0.717, 1.165) is 5.69 Å². The molecule has 1 fully saturated rings. The van der Waals surface area contributed by atoms with E-state index in [0.29, 0.717) is 43.7 Å². The van der Waals surface area contributed by atoms with Crippen molar-refractivity contribution in [3.8, 4) is 0 Å². The maximum atomic E-state index is 14.0. The first-order chi connectivity index (χ1) is 14.1. The van der Waals surface area contributed by atoms with Gasteiger partial charge < -0.3 is 26.0 Å². The highest BCUT2D eigenvalue weighted by molar-refractivity contribution is 6.04. The Bertz CT molecular complexity index is 911. The summed E-state index contributed by atoms with van der Waals surface area (Å²) in [7, 11) is 0. The van der Waals surface area contributed by atoms with Gasteiger partial charge in [0.05, 0.1) is 5.56 Å². The van der Waals surface area contributed by atoms with Crippen LogP contribution in [0.2, 0.25) is 0 Å². The van der Waals surface area contributed by atoms with Crippen LogP contribution in [0.1, 0.15) is 18.4 Å². The predicted molar refractivity (Wildman–Crippen MR) is 111 cm³/mol. The van der Waals surface area contributed by atoms with Crippen molar-refractivity contribution in [3.05, 3.63) is 59.9 Å². The van der Waals surface area contributed by atoms with Gasteiger partial charge in [0, 0.05) is 43.9 Å². The molecule has 1 spiro atoms. The number of piperidine rings is 1. The summed E-state index contributed by atoms with van der Waals surface area (Å²) in [6.07, 6.45) is 0.802. The van der Waals surface area contributed by atoms with Crippen LogP contribution < -0.4 is 16.4 Å². The number of para-hydroxylation sites is 1. The van der Waals surface area contributed by atoms with E-state index in [9.17, 15) is 9.18 Å². The summed E-state index contributed by atoms with van der Waals surface area (Å²) in [5, 5.41) is 6.52. The van der Waals surface area contributed by atoms with Gasteiger partial charge in [0.15, 0.2) is 0 Å². The SMILES string of the molecule is NC1=NC2(CCN(C(=O)OCCNc3ccccc3)CC2)Nc2cccc(F)c21. The number of fused-ring (bicyclic) bond motifs is 1. The molecule has 2 aromatic rings. The molecule has 2 aliphatic heterocycles. The normalized spacial score (nSPS) is 17.1. The van der Waals surface area contributed by atoms with Crippen LogP contribution >= 0.6 is 0 Å². The fraction of sp³-hybridized carbons (Fsp3) is 0.333. The Kier molecular flexibility index (Phi) is 5.24. The first-order valence-electron chi connectivity index (χ1n) is 9.69. The smallest absolute Gasteiger partial charge is 0.409 e. The van der Waals surface area contributed by atoms with E-state index in [1.807, 2.05) is 30.3 Å². The molecule has 4 N–H and O–H groups in total. The third kappa shape index (κ3) is 4.11. The summed E-state index contributed by atoms with van der Waals surface area (Å²) in [5.41, 5.74) is 7.35. The van der Waals surface area contributed by atoms with E-state index in [-0.39, 0.29) is 18.5 Å². The number of hydrogen-bond acceptors (Lipinski definition) is 6. The molecular formula is C21H24FN5O2. The molecule has 1 amide bonds. The van der Waals surface area contributed by atoms with Crippen LogP contribution in [-0.2, 0) is 4.74 Å². The number of anilines is 2. The highest BCUT2D eigenvalue weighted by atomic mass is 19.1. The molecule has 0 aliphatic carbocycles. The molecule has 2 heterocycles. The zero-order valence-corrected chi connectivity index (χ0v) is 16.0. The maximum Gasteiger partial charge on any atom is 0.409 e. The van der Waals surface area contributed by atoms with E-state index in [4.69, 9.17) is 10.5 Å². The van der Waals surface area contributed by atoms with Gasteiger partial charge in [-0.25, -0.2) is 14.2 Å². The second-order valence-electron chi connectivity index (χ2n) is 7.21. The molecule has 0 radical (unpaired) electrons. The molecule has 2 aliphatic rings. The van der Waals surface area contributed by atoms with E-state index >= 15 is 0 Å². The second kappa shape index (κ2) is 7.98. The molecule has 1 saturated heterocycles. The Morgan fingerprint density at radius 1 is 1.21 bits per heavy atom. The molecule has 7 nitrogen and oxygen atoms in total. The maximum absolute atomic E-state index is 14.0. The molecule has 2 aromatic carbocycles. The largest absolute Gasteiger partial charge is 0.448 e. The van der Waals surface area contributed by atoms with Crippen molar-refractivity contribution in [2.75, 3.05) is 36.9 Å². The predicted octanol–water partition coefficient (Wildman–Crippen LogP) is 3.00. The number of aliphatic imine (C=N–C) groups is 1. The molecule has 8 heteroatoms. The number of hydrogen-bond donors (Lipinski definition) is 3. The molecule has 0 aromatic heterocycles. The van der Waals surface area contributed by atoms with Crippen LogP contribution in [0, 0.1) is 5.82 Å². The zero-order chi connectivity index (χ0) is 20.3. The zero-order valence-electron chi connectivity index (χ0n) is 16.0. The number of carbonyl (C=O) groups excluding carboxylic acids is 1. The highest BCUT2D eigenvalue weighted by Crippen LogP contribution is 2.35. The van der Waals surface area contributed by atoms with Crippen molar-refractivity contribution < 1.29 is 13.9 Å². The molecule has 0 atom stereocenters. The van der Waals surface area contributed by atoms with Gasteiger partial charge in [0.1, 0.15) is 23.9 Å². The average molecular weight is 397 g/mol. The number of rotatable bonds is 4. The molecule has 29 heavy (non-hydrogen) atoms. The Morgan fingerprint density at radius 2 is 1.97 bits per heavy atom. The standard InChI is InChI=1S/C21H24FN5O2/c22-16-7-4-8-17-18(16)19(23)26-21(25-17)9-12-27(13-10-21)20(28)29-14-11-24-15-5-2-1-3-6-15/h1-8,24-25H,9-14H2,(H2,23,26). The van der Waals surface area contributed by atoms with Gasteiger partial charge in [-0.1, -0.05) is 24.3 Å². The number of amides is 1. The lowest BCUT2D eigenvalue weighted by Crippen LogP contribution is -2.52. The van der Waals surface area contributed by atoms with Gasteiger partial charge in [-0.2, -0.15) is 0 Å². The van der Waals surface area contributed by atoms with Gasteiger partial charge >= 0.3 is 6.09 Å². The lowest BCUT2D eigenvalue weighted by atomic mass is 9.94. The summed E-state index contributed by atoms with van der Waals surface area (Å²) in [6.45, 7) is 1.79. The minimum atomic E-state index is -0.615. The van der Waals surface area contributed by atoms with Crippen molar-refractivity contribution in [2.24, 2.45) is 10.7 Å². The fourth-order valence-electron chi connectivity index (χ4n) is 3.73. The fourth-order valence-corrected chi connectivity index (χ4v) is 3.73. The van der Waals surface area contributed by atoms with Crippen LogP contribution in [0.4, 0.5) is 20.6 Å². The van der Waals surface area contributed by atoms with Gasteiger partial charge in [0.2, 0.25) is 0 Å². The van der Waals surface area contributed by atoms with E-state index in [1.165, 1.54) is 6.07 Å². The number of carbonyl (C=O) groups is 1. The molecular weight excluding hydrogens is 373 g/mol. The minimum Gasteiger partial charge on any atom is -0.448 e. The second-order valence-corrected chi connectivity index (χ2v) is 7.21. The Morgan fingerprint density at radius 3 is 2.72 bits per heavy atom. The molecule has 4 rings (SSSR count). The van der Waals surface area contributed by atoms with Crippen LogP contribution in [-0.4, -0.2) is 48.7 Å². The topological polar surface area (TPSA) is 92.0 Å². The lowest BCUT2D eigenvalue weighted by Gasteiger charge is -2.42. The summed E-state index contributed by atoms with van der Waals surface area (Å²) < 4.78 is 19.4. The number of ether oxygens (including phenoxy) is 1. The van der Waals surface area contributed by atoms with Crippen molar-refractivity contribution in [1.82, 2.24) is 4.90 Å². The molecule has 0 unspecified atom stereocenters. The third-order valence-corrected chi connectivity index (χ3v) is 5.25. The Labute approximate surface area is 168 Å². The van der Waals surface area contributed by atoms with Crippen LogP contribution in [0.3, 0.4) is 0 Å². The van der Waals surface area contributed by atoms with Crippen LogP contribution in [0.5, 0.6) is 0 Å². The average Bonchev–Trinajstić information content (AvgIpc) is 2.72. The van der Waals surface area contributed by atoms with Gasteiger partial charge in [-0.15, -0.1) is 0 Å². The van der Waals surface area contributed by atoms with Crippen molar-refractivity contribution in [1.29, 1.82) is 0 Å². The summed E-state index contributed by atoms with van der Waals surface area (Å²) in [4.78, 5) is 18.5. The summed E-state index contributed by atoms with van der Waals surface area (Å²) in [6, 6.07) is 14.6. The summed E-state index contributed by atoms with van der Waals surface area (Å²) >= 11 is 0. The molecule has 152 valence electrons. The lowest BCUT2D eigenvalue weighted by molar-refractivity contribution is 0.0895. The van der Waals surface area contributed by atoms with Crippen molar-refractivity contribution in [3.63, 3.8) is 0 Å². The van der Waals surface area contributed by atoms with Crippen LogP contribution in [0.15, 0.2) is 53.5 Å². The Balaban J connectivity index is 1.28. The number of nitrogens with one attached hydrogen (secondary N) is 2. The quantitative estimate of drug-likeness (QED) is 0.690. The molecule has 0 saturated carbocycles. The Hall–Kier alpha value is -3.29. The van der Waals surface area contributed by atoms with Crippen molar-refractivity contribution in [2.45, 2.75) is 18.5 Å². The molecule has 0 bridgehead atoms. The number of benzene rings is 2. The van der Waals surface area contributed by atoms with E-state index in [2.05, 4.69) is 15.6 Å². The van der Waals surface area contributed by atoms with Gasteiger partial charge in [0.25, 0.3) is 0 Å². The first-order valence-corrected chi connectivity index (χ1v) is 9.69. The number of halogens is 1. The van der Waals surface area contributed by atoms with Crippen molar-refractivity contribution >= 4 is 23.3 Å². The number of amidine groups is 1. The highest BCUT2D eigenvalue weighted by Gasteiger charge is 2.39. The monoisotopic (exact) mass is 397 g/mol. The number of nitrogens with zero attached hydrogens (tertiary/aromatic N) is 2. The van der Waals surface area contributed by atoms with Crippen LogP contribution in [0.25, 0.3) is 0 Å². The third-order valence-electron chi connectivity index (χ3n) is 5.25.